The van der Waals surface area contributed by atoms with Crippen molar-refractivity contribution < 1.29 is 28.7 Å². The van der Waals surface area contributed by atoms with Crippen LogP contribution >= 0.6 is 0 Å². The molecule has 0 radical (unpaired) electrons. The second-order valence-corrected chi connectivity index (χ2v) is 7.07. The zero-order chi connectivity index (χ0) is 24.1. The molecule has 0 saturated heterocycles. The van der Waals surface area contributed by atoms with Gasteiger partial charge in [-0.25, -0.2) is 0 Å². The number of fused-ring (bicyclic) bond motifs is 1. The Morgan fingerprint density at radius 3 is 2.15 bits per heavy atom. The largest absolute Gasteiger partial charge is 0.488 e. The summed E-state index contributed by atoms with van der Waals surface area (Å²) in [5.74, 6) is -1.41. The summed E-state index contributed by atoms with van der Waals surface area (Å²) in [7, 11) is 0. The molecule has 33 heavy (non-hydrogen) atoms. The molecule has 0 spiro atoms. The van der Waals surface area contributed by atoms with Crippen molar-refractivity contribution in [1.29, 1.82) is 0 Å². The third-order valence-electron chi connectivity index (χ3n) is 4.61. The van der Waals surface area contributed by atoms with E-state index in [1.807, 2.05) is 0 Å². The highest BCUT2D eigenvalue weighted by Crippen LogP contribution is 2.31. The monoisotopic (exact) mass is 457 g/mol. The molecular weight excluding hydrogens is 434 g/mol. The Morgan fingerprint density at radius 1 is 0.939 bits per heavy atom. The predicted molar refractivity (Wildman–Crippen MR) is 117 cm³/mol. The predicted octanol–water partition coefficient (Wildman–Crippen LogP) is -0.667. The van der Waals surface area contributed by atoms with E-state index in [1.54, 1.807) is 6.07 Å². The first-order valence-electron chi connectivity index (χ1n) is 9.99. The number of nitrogens with zero attached hydrogens (tertiary/aromatic N) is 1. The van der Waals surface area contributed by atoms with Gasteiger partial charge >= 0.3 is 0 Å². The number of carbonyl (C=O) groups is 4. The third kappa shape index (κ3) is 5.29. The van der Waals surface area contributed by atoms with Gasteiger partial charge in [-0.2, -0.15) is 0 Å². The lowest BCUT2D eigenvalue weighted by Crippen LogP contribution is -2.26. The van der Waals surface area contributed by atoms with E-state index in [-0.39, 0.29) is 66.5 Å². The van der Waals surface area contributed by atoms with Gasteiger partial charge in [0, 0.05) is 26.0 Å². The molecule has 2 aromatic rings. The highest BCUT2D eigenvalue weighted by Gasteiger charge is 2.32. The highest BCUT2D eigenvalue weighted by atomic mass is 16.5. The first kappa shape index (κ1) is 23.3. The van der Waals surface area contributed by atoms with Crippen LogP contribution in [0, 0.1) is 0 Å². The Bertz CT molecular complexity index is 1190. The zero-order valence-corrected chi connectivity index (χ0v) is 18.0. The summed E-state index contributed by atoms with van der Waals surface area (Å²) in [5, 5.41) is 7.31. The fourth-order valence-corrected chi connectivity index (χ4v) is 3.19. The number of hydrogen-bond acceptors (Lipinski definition) is 8. The summed E-state index contributed by atoms with van der Waals surface area (Å²) in [5.41, 5.74) is 5.58. The van der Waals surface area contributed by atoms with Crippen molar-refractivity contribution in [2.24, 2.45) is 0 Å². The molecular formula is C21H23N5O7. The summed E-state index contributed by atoms with van der Waals surface area (Å²) < 4.78 is 12.5. The third-order valence-corrected chi connectivity index (χ3v) is 4.61. The van der Waals surface area contributed by atoms with E-state index in [1.165, 1.54) is 26.0 Å². The van der Waals surface area contributed by atoms with Gasteiger partial charge in [0.25, 0.3) is 17.4 Å². The second kappa shape index (κ2) is 9.85. The minimum atomic E-state index is -0.689. The maximum Gasteiger partial charge on any atom is 0.262 e. The first-order chi connectivity index (χ1) is 15.7. The lowest BCUT2D eigenvalue weighted by Gasteiger charge is -2.17. The number of nitrogens with one attached hydrogen (secondary N) is 3. The Hall–Kier alpha value is -4.35. The molecule has 1 aliphatic heterocycles. The normalized spacial score (nSPS) is 12.1. The number of benzene rings is 1. The van der Waals surface area contributed by atoms with Gasteiger partial charge in [0.05, 0.1) is 29.9 Å². The maximum absolute atomic E-state index is 12.7. The molecule has 0 fully saturated rings. The number of ether oxygens (including phenoxy) is 2. The van der Waals surface area contributed by atoms with Crippen LogP contribution in [0.25, 0.3) is 5.69 Å². The molecule has 4 amide bonds. The van der Waals surface area contributed by atoms with Crippen LogP contribution in [0.4, 0.5) is 5.82 Å². The van der Waals surface area contributed by atoms with Crippen LogP contribution in [0.1, 0.15) is 34.6 Å². The van der Waals surface area contributed by atoms with Crippen molar-refractivity contribution in [2.45, 2.75) is 13.8 Å². The highest BCUT2D eigenvalue weighted by molar-refractivity contribution is 6.23. The molecule has 3 rings (SSSR count). The molecule has 12 nitrogen and oxygen atoms in total. The van der Waals surface area contributed by atoms with Gasteiger partial charge < -0.3 is 25.8 Å². The van der Waals surface area contributed by atoms with E-state index >= 15 is 0 Å². The van der Waals surface area contributed by atoms with Gasteiger partial charge in [-0.15, -0.1) is 0 Å². The lowest BCUT2D eigenvalue weighted by molar-refractivity contribution is -0.119. The molecule has 0 saturated carbocycles. The number of rotatable bonds is 9. The molecule has 2 heterocycles. The molecule has 0 unspecified atom stereocenters. The summed E-state index contributed by atoms with van der Waals surface area (Å²) in [4.78, 5) is 58.7. The van der Waals surface area contributed by atoms with E-state index in [4.69, 9.17) is 15.2 Å². The molecule has 174 valence electrons. The molecule has 1 aliphatic rings. The molecule has 0 bridgehead atoms. The van der Waals surface area contributed by atoms with Crippen LogP contribution in [0.2, 0.25) is 0 Å². The fraction of sp³-hybridized carbons (Fsp3) is 0.286. The average molecular weight is 457 g/mol. The van der Waals surface area contributed by atoms with E-state index in [2.05, 4.69) is 16.0 Å². The van der Waals surface area contributed by atoms with Gasteiger partial charge in [0.2, 0.25) is 11.8 Å². The number of anilines is 1. The molecule has 0 atom stereocenters. The van der Waals surface area contributed by atoms with Crippen molar-refractivity contribution in [3.05, 3.63) is 45.7 Å². The van der Waals surface area contributed by atoms with E-state index < -0.39 is 17.4 Å². The topological polar surface area (TPSA) is 171 Å². The zero-order valence-electron chi connectivity index (χ0n) is 18.0. The van der Waals surface area contributed by atoms with E-state index in [0.717, 1.165) is 10.6 Å². The molecule has 12 heteroatoms. The van der Waals surface area contributed by atoms with Crippen molar-refractivity contribution in [3.63, 3.8) is 0 Å². The van der Waals surface area contributed by atoms with Gasteiger partial charge in [-0.05, 0) is 12.1 Å². The van der Waals surface area contributed by atoms with Crippen LogP contribution < -0.4 is 36.7 Å². The number of pyridine rings is 1. The molecule has 5 N–H and O–H groups in total. The number of nitrogen functional groups attached to an aromatic ring is 1. The van der Waals surface area contributed by atoms with Crippen LogP contribution in [0.15, 0.2) is 29.1 Å². The number of nitrogens with two attached hydrogens (primary N) is 1. The lowest BCUT2D eigenvalue weighted by atomic mass is 10.1. The summed E-state index contributed by atoms with van der Waals surface area (Å²) >= 11 is 0. The minimum absolute atomic E-state index is 0.0801. The van der Waals surface area contributed by atoms with Gasteiger partial charge in [-0.1, -0.05) is 0 Å². The standard InChI is InChI=1S/C21H23N5O7/c1-11(27)23-5-7-32-15-4-3-13(9-16(15)33-8-6-24-12(2)28)26-17(29)10-14-18(19(26)22)21(31)25-20(14)30/h3-4,9-10H,5-8,22H2,1-2H3,(H,23,27)(H,24,28)(H,25,30,31). The summed E-state index contributed by atoms with van der Waals surface area (Å²) in [6.45, 7) is 3.52. The Morgan fingerprint density at radius 2 is 1.55 bits per heavy atom. The van der Waals surface area contributed by atoms with Crippen LogP contribution in [-0.2, 0) is 9.59 Å². The maximum atomic E-state index is 12.7. The Balaban J connectivity index is 1.93. The van der Waals surface area contributed by atoms with Crippen LogP contribution in [0.3, 0.4) is 0 Å². The SMILES string of the molecule is CC(=O)NCCOc1ccc(-n2c(N)c3c(cc2=O)C(=O)NC3=O)cc1OCCNC(C)=O. The van der Waals surface area contributed by atoms with Gasteiger partial charge in [0.1, 0.15) is 19.0 Å². The van der Waals surface area contributed by atoms with Crippen molar-refractivity contribution in [1.82, 2.24) is 20.5 Å². The van der Waals surface area contributed by atoms with Crippen LogP contribution in [-0.4, -0.2) is 54.5 Å². The average Bonchev–Trinajstić information content (AvgIpc) is 3.02. The first-order valence-corrected chi connectivity index (χ1v) is 9.99. The van der Waals surface area contributed by atoms with E-state index in [0.29, 0.717) is 5.75 Å². The number of carbonyl (C=O) groups excluding carboxylic acids is 4. The molecule has 1 aromatic carbocycles. The summed E-state index contributed by atoms with van der Waals surface area (Å²) in [6.07, 6.45) is 0. The summed E-state index contributed by atoms with van der Waals surface area (Å²) in [6, 6.07) is 5.61. The Kier molecular flexibility index (Phi) is 6.96. The molecule has 0 aliphatic carbocycles. The quantitative estimate of drug-likeness (QED) is 0.284. The van der Waals surface area contributed by atoms with E-state index in [9.17, 15) is 24.0 Å². The number of aromatic nitrogens is 1. The smallest absolute Gasteiger partial charge is 0.262 e. The van der Waals surface area contributed by atoms with Gasteiger partial charge in [-0.3, -0.25) is 33.9 Å². The number of imide groups is 1. The van der Waals surface area contributed by atoms with Crippen molar-refractivity contribution >= 4 is 29.4 Å². The fourth-order valence-electron chi connectivity index (χ4n) is 3.19. The Labute approximate surface area is 188 Å². The molecule has 1 aromatic heterocycles. The number of hydrogen-bond donors (Lipinski definition) is 4. The van der Waals surface area contributed by atoms with Crippen molar-refractivity contribution in [3.8, 4) is 17.2 Å². The number of amides is 4. The van der Waals surface area contributed by atoms with Crippen LogP contribution in [0.5, 0.6) is 11.5 Å². The second-order valence-electron chi connectivity index (χ2n) is 7.07. The van der Waals surface area contributed by atoms with Gasteiger partial charge in [0.15, 0.2) is 11.5 Å². The minimum Gasteiger partial charge on any atom is -0.488 e. The van der Waals surface area contributed by atoms with Crippen molar-refractivity contribution in [2.75, 3.05) is 32.0 Å².